The monoisotopic (exact) mass is 263 g/mol. The molecular weight excluding hydrogens is 238 g/mol. The number of aryl methyl sites for hydroxylation is 1. The van der Waals surface area contributed by atoms with Gasteiger partial charge in [0.25, 0.3) is 0 Å². The summed E-state index contributed by atoms with van der Waals surface area (Å²) in [5, 5.41) is 8.74. The van der Waals surface area contributed by atoms with Crippen LogP contribution in [-0.2, 0) is 11.2 Å². The molecule has 0 amide bonds. The van der Waals surface area contributed by atoms with E-state index in [0.717, 1.165) is 25.9 Å². The molecule has 3 nitrogen and oxygen atoms in total. The molecule has 0 saturated carbocycles. The summed E-state index contributed by atoms with van der Waals surface area (Å²) in [7, 11) is 0. The van der Waals surface area contributed by atoms with E-state index in [4.69, 9.17) is 9.84 Å². The normalized spacial score (nSPS) is 17.7. The summed E-state index contributed by atoms with van der Waals surface area (Å²) in [6.45, 7) is 4.06. The van der Waals surface area contributed by atoms with Crippen molar-refractivity contribution in [2.75, 3.05) is 32.8 Å². The molecule has 1 N–H and O–H groups in total. The quantitative estimate of drug-likeness (QED) is 0.817. The largest absolute Gasteiger partial charge is 0.394 e. The lowest BCUT2D eigenvalue weighted by atomic mass is 10.1. The Labute approximate surface area is 116 Å². The summed E-state index contributed by atoms with van der Waals surface area (Å²) in [6.07, 6.45) is 4.96. The molecule has 0 aromatic heterocycles. The van der Waals surface area contributed by atoms with Crippen LogP contribution in [0.4, 0.5) is 0 Å². The van der Waals surface area contributed by atoms with E-state index in [-0.39, 0.29) is 6.61 Å². The number of aliphatic hydroxyl groups excluding tert-OH is 1. The molecule has 1 aromatic carbocycles. The standard InChI is InChI=1S/C16H25NO2/c18-13-14-19-16-8-11-17(12-9-16)10-4-7-15-5-2-1-3-6-15/h1-3,5-6,16,18H,4,7-14H2. The van der Waals surface area contributed by atoms with Gasteiger partial charge in [-0.05, 0) is 37.8 Å². The Morgan fingerprint density at radius 1 is 1.16 bits per heavy atom. The number of aliphatic hydroxyl groups is 1. The van der Waals surface area contributed by atoms with Crippen LogP contribution in [-0.4, -0.2) is 49.0 Å². The van der Waals surface area contributed by atoms with Crippen LogP contribution in [0.3, 0.4) is 0 Å². The molecule has 1 aromatic rings. The molecule has 0 unspecified atom stereocenters. The highest BCUT2D eigenvalue weighted by atomic mass is 16.5. The molecular formula is C16H25NO2. The van der Waals surface area contributed by atoms with Gasteiger partial charge >= 0.3 is 0 Å². The first-order chi connectivity index (χ1) is 9.38. The summed E-state index contributed by atoms with van der Waals surface area (Å²) in [4.78, 5) is 2.53. The van der Waals surface area contributed by atoms with Crippen LogP contribution in [0.2, 0.25) is 0 Å². The van der Waals surface area contributed by atoms with E-state index in [1.807, 2.05) is 0 Å². The van der Waals surface area contributed by atoms with Gasteiger partial charge in [0.15, 0.2) is 0 Å². The lowest BCUT2D eigenvalue weighted by Crippen LogP contribution is -2.38. The van der Waals surface area contributed by atoms with E-state index in [9.17, 15) is 0 Å². The van der Waals surface area contributed by atoms with Gasteiger partial charge in [-0.3, -0.25) is 0 Å². The highest BCUT2D eigenvalue weighted by Gasteiger charge is 2.18. The van der Waals surface area contributed by atoms with Crippen molar-refractivity contribution in [3.8, 4) is 0 Å². The summed E-state index contributed by atoms with van der Waals surface area (Å²) >= 11 is 0. The molecule has 0 atom stereocenters. The Bertz CT molecular complexity index is 334. The molecule has 106 valence electrons. The van der Waals surface area contributed by atoms with E-state index in [1.165, 1.54) is 24.9 Å². The predicted molar refractivity (Wildman–Crippen MR) is 77.3 cm³/mol. The van der Waals surface area contributed by atoms with Gasteiger partial charge in [-0.2, -0.15) is 0 Å². The third-order valence-electron chi connectivity index (χ3n) is 3.76. The van der Waals surface area contributed by atoms with Crippen molar-refractivity contribution in [3.05, 3.63) is 35.9 Å². The zero-order valence-electron chi connectivity index (χ0n) is 11.6. The van der Waals surface area contributed by atoms with Crippen molar-refractivity contribution < 1.29 is 9.84 Å². The van der Waals surface area contributed by atoms with Crippen molar-refractivity contribution in [2.45, 2.75) is 31.8 Å². The van der Waals surface area contributed by atoms with Gasteiger partial charge in [-0.15, -0.1) is 0 Å². The number of hydrogen-bond acceptors (Lipinski definition) is 3. The molecule has 0 aliphatic carbocycles. The number of ether oxygens (including phenoxy) is 1. The second-order valence-corrected chi connectivity index (χ2v) is 5.22. The Morgan fingerprint density at radius 3 is 2.58 bits per heavy atom. The lowest BCUT2D eigenvalue weighted by molar-refractivity contribution is -0.00778. The maximum atomic E-state index is 8.74. The van der Waals surface area contributed by atoms with E-state index in [1.54, 1.807) is 0 Å². The number of nitrogens with zero attached hydrogens (tertiary/aromatic N) is 1. The van der Waals surface area contributed by atoms with E-state index >= 15 is 0 Å². The van der Waals surface area contributed by atoms with Gasteiger partial charge in [0.2, 0.25) is 0 Å². The predicted octanol–water partition coefficient (Wildman–Crippen LogP) is 2.09. The van der Waals surface area contributed by atoms with Crippen molar-refractivity contribution in [1.29, 1.82) is 0 Å². The maximum absolute atomic E-state index is 8.74. The van der Waals surface area contributed by atoms with Gasteiger partial charge in [-0.25, -0.2) is 0 Å². The summed E-state index contributed by atoms with van der Waals surface area (Å²) in [5.74, 6) is 0. The number of likely N-dealkylation sites (tertiary alicyclic amines) is 1. The second-order valence-electron chi connectivity index (χ2n) is 5.22. The highest BCUT2D eigenvalue weighted by Crippen LogP contribution is 2.14. The summed E-state index contributed by atoms with van der Waals surface area (Å²) in [6, 6.07) is 10.7. The SMILES string of the molecule is OCCOC1CCN(CCCc2ccccc2)CC1. The van der Waals surface area contributed by atoms with Crippen LogP contribution >= 0.6 is 0 Å². The average Bonchev–Trinajstić information content (AvgIpc) is 2.47. The smallest absolute Gasteiger partial charge is 0.0701 e. The van der Waals surface area contributed by atoms with Gasteiger partial charge in [0.1, 0.15) is 0 Å². The number of benzene rings is 1. The molecule has 3 heteroatoms. The van der Waals surface area contributed by atoms with Crippen molar-refractivity contribution in [2.24, 2.45) is 0 Å². The van der Waals surface area contributed by atoms with Gasteiger partial charge < -0.3 is 14.7 Å². The molecule has 1 fully saturated rings. The van der Waals surface area contributed by atoms with Gasteiger partial charge in [0.05, 0.1) is 19.3 Å². The number of hydrogen-bond donors (Lipinski definition) is 1. The minimum atomic E-state index is 0.136. The fourth-order valence-electron chi connectivity index (χ4n) is 2.67. The molecule has 1 heterocycles. The Balaban J connectivity index is 1.58. The number of rotatable bonds is 7. The Kier molecular flexibility index (Phi) is 6.34. The zero-order valence-corrected chi connectivity index (χ0v) is 11.6. The first kappa shape index (κ1) is 14.5. The second kappa shape index (κ2) is 8.31. The van der Waals surface area contributed by atoms with Crippen LogP contribution in [0.5, 0.6) is 0 Å². The Morgan fingerprint density at radius 2 is 1.89 bits per heavy atom. The lowest BCUT2D eigenvalue weighted by Gasteiger charge is -2.31. The molecule has 19 heavy (non-hydrogen) atoms. The van der Waals surface area contributed by atoms with Crippen LogP contribution < -0.4 is 0 Å². The van der Waals surface area contributed by atoms with E-state index in [0.29, 0.717) is 12.7 Å². The van der Waals surface area contributed by atoms with Gasteiger partial charge in [0, 0.05) is 13.1 Å². The zero-order chi connectivity index (χ0) is 13.3. The third kappa shape index (κ3) is 5.31. The van der Waals surface area contributed by atoms with Crippen LogP contribution in [0.25, 0.3) is 0 Å². The minimum Gasteiger partial charge on any atom is -0.394 e. The molecule has 1 saturated heterocycles. The fourth-order valence-corrected chi connectivity index (χ4v) is 2.67. The molecule has 0 bridgehead atoms. The Hall–Kier alpha value is -0.900. The van der Waals surface area contributed by atoms with Gasteiger partial charge in [-0.1, -0.05) is 30.3 Å². The molecule has 0 spiro atoms. The van der Waals surface area contributed by atoms with Crippen molar-refractivity contribution >= 4 is 0 Å². The number of piperidine rings is 1. The molecule has 1 aliphatic rings. The molecule has 2 rings (SSSR count). The topological polar surface area (TPSA) is 32.7 Å². The maximum Gasteiger partial charge on any atom is 0.0701 e. The van der Waals surface area contributed by atoms with Crippen molar-refractivity contribution in [3.63, 3.8) is 0 Å². The molecule has 0 radical (unpaired) electrons. The van der Waals surface area contributed by atoms with Crippen molar-refractivity contribution in [1.82, 2.24) is 4.90 Å². The van der Waals surface area contributed by atoms with E-state index in [2.05, 4.69) is 35.2 Å². The summed E-state index contributed by atoms with van der Waals surface area (Å²) < 4.78 is 5.58. The first-order valence-electron chi connectivity index (χ1n) is 7.37. The summed E-state index contributed by atoms with van der Waals surface area (Å²) in [5.41, 5.74) is 1.43. The van der Waals surface area contributed by atoms with Crippen LogP contribution in [0.15, 0.2) is 30.3 Å². The van der Waals surface area contributed by atoms with Crippen LogP contribution in [0.1, 0.15) is 24.8 Å². The molecule has 1 aliphatic heterocycles. The third-order valence-corrected chi connectivity index (χ3v) is 3.76. The fraction of sp³-hybridized carbons (Fsp3) is 0.625. The van der Waals surface area contributed by atoms with Crippen LogP contribution in [0, 0.1) is 0 Å². The average molecular weight is 263 g/mol. The van der Waals surface area contributed by atoms with E-state index < -0.39 is 0 Å². The highest BCUT2D eigenvalue weighted by molar-refractivity contribution is 5.14. The first-order valence-corrected chi connectivity index (χ1v) is 7.37. The minimum absolute atomic E-state index is 0.136.